The Morgan fingerprint density at radius 2 is 2.21 bits per heavy atom. The molecule has 0 spiro atoms. The lowest BCUT2D eigenvalue weighted by Crippen LogP contribution is -2.36. The minimum Gasteiger partial charge on any atom is -0.336 e. The van der Waals surface area contributed by atoms with Crippen LogP contribution in [-0.2, 0) is 4.79 Å². The number of pyridine rings is 1. The molecule has 0 bridgehead atoms. The summed E-state index contributed by atoms with van der Waals surface area (Å²) < 4.78 is 0. The zero-order chi connectivity index (χ0) is 13.8. The summed E-state index contributed by atoms with van der Waals surface area (Å²) in [6.07, 6.45) is 5.30. The second kappa shape index (κ2) is 6.42. The van der Waals surface area contributed by atoms with E-state index in [4.69, 9.17) is 0 Å². The van der Waals surface area contributed by atoms with Crippen molar-refractivity contribution in [2.24, 2.45) is 0 Å². The normalized spacial score (nSPS) is 19.8. The van der Waals surface area contributed by atoms with E-state index in [1.165, 1.54) is 12.0 Å². The van der Waals surface area contributed by atoms with Crippen LogP contribution in [0.3, 0.4) is 0 Å². The van der Waals surface area contributed by atoms with E-state index in [0.717, 1.165) is 24.4 Å². The number of rotatable bonds is 3. The van der Waals surface area contributed by atoms with Crippen molar-refractivity contribution in [2.75, 3.05) is 6.54 Å². The van der Waals surface area contributed by atoms with Crippen LogP contribution in [0, 0.1) is 0 Å². The van der Waals surface area contributed by atoms with Crippen molar-refractivity contribution in [2.45, 2.75) is 56.4 Å². The number of aromatic nitrogens is 1. The summed E-state index contributed by atoms with van der Waals surface area (Å²) in [6, 6.07) is 4.42. The standard InChI is InChI=1S/C15H22N2OS/c1-11(2)19-15-8-7-13(10-16-15)14-6-4-5-9-17(14)12(3)18/h7-8,10-11,14H,4-6,9H2,1-3H3/t14-/m1/s1. The Labute approximate surface area is 119 Å². The molecule has 104 valence electrons. The van der Waals surface area contributed by atoms with Gasteiger partial charge in [-0.05, 0) is 30.9 Å². The smallest absolute Gasteiger partial charge is 0.219 e. The molecule has 1 saturated heterocycles. The van der Waals surface area contributed by atoms with Crippen molar-refractivity contribution in [3.8, 4) is 0 Å². The monoisotopic (exact) mass is 278 g/mol. The summed E-state index contributed by atoms with van der Waals surface area (Å²) in [6.45, 7) is 6.87. The lowest BCUT2D eigenvalue weighted by atomic mass is 9.96. The summed E-state index contributed by atoms with van der Waals surface area (Å²) in [5.74, 6) is 0.172. The van der Waals surface area contributed by atoms with Gasteiger partial charge in [-0.2, -0.15) is 0 Å². The van der Waals surface area contributed by atoms with E-state index < -0.39 is 0 Å². The number of amides is 1. The molecule has 1 aromatic heterocycles. The predicted octanol–water partition coefficient (Wildman–Crippen LogP) is 3.66. The topological polar surface area (TPSA) is 33.2 Å². The summed E-state index contributed by atoms with van der Waals surface area (Å²) >= 11 is 1.77. The molecule has 0 aliphatic carbocycles. The van der Waals surface area contributed by atoms with Gasteiger partial charge < -0.3 is 4.90 Å². The molecule has 1 atom stereocenters. The van der Waals surface area contributed by atoms with Crippen LogP contribution in [0.1, 0.15) is 51.6 Å². The molecule has 2 heterocycles. The first-order chi connectivity index (χ1) is 9.08. The maximum atomic E-state index is 11.7. The number of nitrogens with zero attached hydrogens (tertiary/aromatic N) is 2. The van der Waals surface area contributed by atoms with Crippen LogP contribution in [0.2, 0.25) is 0 Å². The van der Waals surface area contributed by atoms with Crippen LogP contribution < -0.4 is 0 Å². The fourth-order valence-electron chi connectivity index (χ4n) is 2.56. The summed E-state index contributed by atoms with van der Waals surface area (Å²) in [5, 5.41) is 1.60. The van der Waals surface area contributed by atoms with Gasteiger partial charge in [0.05, 0.1) is 11.1 Å². The first-order valence-electron chi connectivity index (χ1n) is 6.97. The van der Waals surface area contributed by atoms with Crippen LogP contribution in [0.15, 0.2) is 23.4 Å². The number of thioether (sulfide) groups is 1. The molecule has 3 nitrogen and oxygen atoms in total. The second-order valence-electron chi connectivity index (χ2n) is 5.32. The van der Waals surface area contributed by atoms with E-state index in [1.54, 1.807) is 18.7 Å². The van der Waals surface area contributed by atoms with E-state index in [1.807, 2.05) is 11.1 Å². The van der Waals surface area contributed by atoms with Crippen molar-refractivity contribution in [3.63, 3.8) is 0 Å². The van der Waals surface area contributed by atoms with Gasteiger partial charge >= 0.3 is 0 Å². The van der Waals surface area contributed by atoms with Crippen LogP contribution in [0.4, 0.5) is 0 Å². The van der Waals surface area contributed by atoms with Crippen LogP contribution in [0.5, 0.6) is 0 Å². The molecule has 4 heteroatoms. The van der Waals surface area contributed by atoms with Gasteiger partial charge in [0.1, 0.15) is 0 Å². The number of carbonyl (C=O) groups is 1. The summed E-state index contributed by atoms with van der Waals surface area (Å²) in [5.41, 5.74) is 1.17. The van der Waals surface area contributed by atoms with Crippen LogP contribution >= 0.6 is 11.8 Å². The largest absolute Gasteiger partial charge is 0.336 e. The number of piperidine rings is 1. The maximum Gasteiger partial charge on any atom is 0.219 e. The van der Waals surface area contributed by atoms with E-state index in [-0.39, 0.29) is 11.9 Å². The zero-order valence-electron chi connectivity index (χ0n) is 11.9. The highest BCUT2D eigenvalue weighted by Gasteiger charge is 2.25. The fraction of sp³-hybridized carbons (Fsp3) is 0.600. The molecule has 1 fully saturated rings. The highest BCUT2D eigenvalue weighted by molar-refractivity contribution is 7.99. The van der Waals surface area contributed by atoms with E-state index in [0.29, 0.717) is 5.25 Å². The van der Waals surface area contributed by atoms with Gasteiger partial charge in [-0.3, -0.25) is 4.79 Å². The molecule has 19 heavy (non-hydrogen) atoms. The number of likely N-dealkylation sites (tertiary alicyclic amines) is 1. The average Bonchev–Trinajstić information content (AvgIpc) is 2.39. The lowest BCUT2D eigenvalue weighted by molar-refractivity contribution is -0.132. The number of hydrogen-bond acceptors (Lipinski definition) is 3. The van der Waals surface area contributed by atoms with Gasteiger partial charge in [0, 0.05) is 24.9 Å². The Kier molecular flexibility index (Phi) is 4.86. The van der Waals surface area contributed by atoms with Gasteiger partial charge in [-0.25, -0.2) is 4.98 Å². The van der Waals surface area contributed by atoms with Gasteiger partial charge in [-0.15, -0.1) is 11.8 Å². The van der Waals surface area contributed by atoms with Crippen molar-refractivity contribution in [1.29, 1.82) is 0 Å². The third kappa shape index (κ3) is 3.72. The molecule has 0 saturated carbocycles. The van der Waals surface area contributed by atoms with Crippen molar-refractivity contribution >= 4 is 17.7 Å². The third-order valence-electron chi connectivity index (χ3n) is 3.41. The minimum absolute atomic E-state index is 0.172. The Morgan fingerprint density at radius 3 is 2.79 bits per heavy atom. The predicted molar refractivity (Wildman–Crippen MR) is 79.2 cm³/mol. The first kappa shape index (κ1) is 14.4. The molecule has 0 radical (unpaired) electrons. The zero-order valence-corrected chi connectivity index (χ0v) is 12.7. The number of carbonyl (C=O) groups excluding carboxylic acids is 1. The SMILES string of the molecule is CC(=O)N1CCCC[C@@H]1c1ccc(SC(C)C)nc1. The lowest BCUT2D eigenvalue weighted by Gasteiger charge is -2.35. The third-order valence-corrected chi connectivity index (χ3v) is 4.36. The van der Waals surface area contributed by atoms with E-state index >= 15 is 0 Å². The molecule has 1 aromatic rings. The molecule has 0 unspecified atom stereocenters. The van der Waals surface area contributed by atoms with E-state index in [9.17, 15) is 4.79 Å². The molecular weight excluding hydrogens is 256 g/mol. The van der Waals surface area contributed by atoms with Crippen LogP contribution in [-0.4, -0.2) is 27.6 Å². The molecule has 1 aliphatic rings. The maximum absolute atomic E-state index is 11.7. The van der Waals surface area contributed by atoms with Crippen molar-refractivity contribution in [3.05, 3.63) is 23.9 Å². The van der Waals surface area contributed by atoms with Crippen LogP contribution in [0.25, 0.3) is 0 Å². The molecule has 1 aliphatic heterocycles. The van der Waals surface area contributed by atoms with Crippen molar-refractivity contribution in [1.82, 2.24) is 9.88 Å². The van der Waals surface area contributed by atoms with Gasteiger partial charge in [-0.1, -0.05) is 19.9 Å². The summed E-state index contributed by atoms with van der Waals surface area (Å²) in [7, 11) is 0. The Balaban J connectivity index is 2.13. The minimum atomic E-state index is 0.172. The van der Waals surface area contributed by atoms with Gasteiger partial charge in [0.2, 0.25) is 5.91 Å². The highest BCUT2D eigenvalue weighted by atomic mass is 32.2. The molecular formula is C15H22N2OS. The fourth-order valence-corrected chi connectivity index (χ4v) is 3.30. The second-order valence-corrected chi connectivity index (χ2v) is 6.92. The Bertz CT molecular complexity index is 430. The first-order valence-corrected chi connectivity index (χ1v) is 7.85. The highest BCUT2D eigenvalue weighted by Crippen LogP contribution is 2.31. The summed E-state index contributed by atoms with van der Waals surface area (Å²) in [4.78, 5) is 18.2. The average molecular weight is 278 g/mol. The molecule has 0 aromatic carbocycles. The quantitative estimate of drug-likeness (QED) is 0.791. The Morgan fingerprint density at radius 1 is 1.42 bits per heavy atom. The Hall–Kier alpha value is -1.03. The van der Waals surface area contributed by atoms with Gasteiger partial charge in [0.15, 0.2) is 0 Å². The molecule has 2 rings (SSSR count). The van der Waals surface area contributed by atoms with Crippen molar-refractivity contribution < 1.29 is 4.79 Å². The van der Waals surface area contributed by atoms with E-state index in [2.05, 4.69) is 31.0 Å². The van der Waals surface area contributed by atoms with Gasteiger partial charge in [0.25, 0.3) is 0 Å². The molecule has 0 N–H and O–H groups in total. The molecule has 1 amide bonds. The number of hydrogen-bond donors (Lipinski definition) is 0.